The van der Waals surface area contributed by atoms with Crippen LogP contribution < -0.4 is 10.5 Å². The lowest BCUT2D eigenvalue weighted by atomic mass is 9.86. The molecule has 4 nitrogen and oxygen atoms in total. The molecule has 0 amide bonds. The van der Waals surface area contributed by atoms with E-state index < -0.39 is 0 Å². The molecular weight excluding hydrogens is 427 g/mol. The van der Waals surface area contributed by atoms with Crippen LogP contribution in [0.4, 0.5) is 10.1 Å². The fourth-order valence-electron chi connectivity index (χ4n) is 5.53. The number of allylic oxidation sites excluding steroid dienone is 1. The Balaban J connectivity index is 1.43. The molecule has 1 atom stereocenters. The number of likely N-dealkylation sites (tertiary alicyclic amines) is 1. The van der Waals surface area contributed by atoms with E-state index in [2.05, 4.69) is 47.4 Å². The molecular formula is C29H35FN2O2. The maximum Gasteiger partial charge on any atom is 0.119 e. The minimum Gasteiger partial charge on any atom is -0.489 e. The van der Waals surface area contributed by atoms with Gasteiger partial charge in [0.25, 0.3) is 0 Å². The Morgan fingerprint density at radius 3 is 2.76 bits per heavy atom. The average Bonchev–Trinajstić information content (AvgIpc) is 3.22. The number of nitrogens with two attached hydrogens (primary N) is 1. The van der Waals surface area contributed by atoms with Crippen molar-refractivity contribution in [3.8, 4) is 5.75 Å². The number of anilines is 1. The van der Waals surface area contributed by atoms with E-state index in [1.165, 1.54) is 33.4 Å². The van der Waals surface area contributed by atoms with Crippen LogP contribution in [0.25, 0.3) is 5.57 Å². The predicted molar refractivity (Wildman–Crippen MR) is 136 cm³/mol. The summed E-state index contributed by atoms with van der Waals surface area (Å²) >= 11 is 0. The molecule has 2 aliphatic heterocycles. The zero-order valence-corrected chi connectivity index (χ0v) is 19.9. The number of aryl methyl sites for hydroxylation is 1. The highest BCUT2D eigenvalue weighted by Crippen LogP contribution is 2.40. The van der Waals surface area contributed by atoms with Crippen molar-refractivity contribution in [2.75, 3.05) is 45.3 Å². The smallest absolute Gasteiger partial charge is 0.119 e. The number of hydrogen-bond acceptors (Lipinski definition) is 4. The van der Waals surface area contributed by atoms with Crippen LogP contribution >= 0.6 is 0 Å². The monoisotopic (exact) mass is 462 g/mol. The van der Waals surface area contributed by atoms with Gasteiger partial charge < -0.3 is 15.2 Å². The van der Waals surface area contributed by atoms with Gasteiger partial charge in [-0.05, 0) is 96.2 Å². The fourth-order valence-corrected chi connectivity index (χ4v) is 5.53. The summed E-state index contributed by atoms with van der Waals surface area (Å²) in [6, 6.07) is 15.0. The van der Waals surface area contributed by atoms with E-state index in [1.54, 1.807) is 0 Å². The zero-order valence-electron chi connectivity index (χ0n) is 19.9. The molecule has 1 fully saturated rings. The quantitative estimate of drug-likeness (QED) is 0.547. The molecule has 5 heteroatoms. The largest absolute Gasteiger partial charge is 0.489 e. The van der Waals surface area contributed by atoms with Gasteiger partial charge in [0.05, 0.1) is 19.9 Å². The van der Waals surface area contributed by atoms with E-state index in [1.807, 2.05) is 6.07 Å². The number of fused-ring (bicyclic) bond motifs is 1. The van der Waals surface area contributed by atoms with Crippen LogP contribution in [0.1, 0.15) is 48.8 Å². The molecule has 2 heterocycles. The van der Waals surface area contributed by atoms with Crippen molar-refractivity contribution in [3.05, 3.63) is 76.4 Å². The van der Waals surface area contributed by atoms with E-state index in [4.69, 9.17) is 15.2 Å². The summed E-state index contributed by atoms with van der Waals surface area (Å²) in [7, 11) is 0. The lowest BCUT2D eigenvalue weighted by Gasteiger charge is -2.21. The Bertz CT molecular complexity index is 1060. The van der Waals surface area contributed by atoms with Crippen molar-refractivity contribution in [1.29, 1.82) is 0 Å². The van der Waals surface area contributed by atoms with Gasteiger partial charge in [0.2, 0.25) is 0 Å². The topological polar surface area (TPSA) is 47.7 Å². The predicted octanol–water partition coefficient (Wildman–Crippen LogP) is 5.57. The molecule has 2 aromatic carbocycles. The second-order valence-electron chi connectivity index (χ2n) is 9.57. The van der Waals surface area contributed by atoms with Gasteiger partial charge in [-0.25, -0.2) is 0 Å². The third-order valence-corrected chi connectivity index (χ3v) is 7.21. The Labute approximate surface area is 202 Å². The molecule has 5 rings (SSSR count). The summed E-state index contributed by atoms with van der Waals surface area (Å²) in [5.41, 5.74) is 15.0. The molecule has 0 saturated carbocycles. The number of halogens is 1. The Morgan fingerprint density at radius 1 is 1.09 bits per heavy atom. The highest BCUT2D eigenvalue weighted by molar-refractivity contribution is 5.87. The summed E-state index contributed by atoms with van der Waals surface area (Å²) < 4.78 is 24.4. The van der Waals surface area contributed by atoms with Gasteiger partial charge >= 0.3 is 0 Å². The van der Waals surface area contributed by atoms with Crippen LogP contribution in [0.5, 0.6) is 5.75 Å². The van der Waals surface area contributed by atoms with Crippen molar-refractivity contribution in [2.45, 2.75) is 44.6 Å². The summed E-state index contributed by atoms with van der Waals surface area (Å²) in [5.74, 6) is 0.902. The molecule has 1 unspecified atom stereocenters. The summed E-state index contributed by atoms with van der Waals surface area (Å²) in [6.45, 7) is 3.91. The Hall–Kier alpha value is -2.63. The Kier molecular flexibility index (Phi) is 7.31. The van der Waals surface area contributed by atoms with E-state index >= 15 is 0 Å². The van der Waals surface area contributed by atoms with Crippen molar-refractivity contribution >= 4 is 11.3 Å². The number of nitrogens with zero attached hydrogens (tertiary/aromatic N) is 1. The Morgan fingerprint density at radius 2 is 1.97 bits per heavy atom. The van der Waals surface area contributed by atoms with Crippen molar-refractivity contribution in [2.24, 2.45) is 0 Å². The van der Waals surface area contributed by atoms with Crippen molar-refractivity contribution in [1.82, 2.24) is 4.90 Å². The van der Waals surface area contributed by atoms with E-state index in [0.29, 0.717) is 13.0 Å². The molecule has 0 spiro atoms. The van der Waals surface area contributed by atoms with Crippen molar-refractivity contribution < 1.29 is 13.9 Å². The normalized spacial score (nSPS) is 21.2. The highest BCUT2D eigenvalue weighted by Gasteiger charge is 2.25. The van der Waals surface area contributed by atoms with Gasteiger partial charge in [-0.3, -0.25) is 9.29 Å². The number of alkyl halides is 1. The lowest BCUT2D eigenvalue weighted by Crippen LogP contribution is -2.26. The van der Waals surface area contributed by atoms with Gasteiger partial charge in [0.1, 0.15) is 11.9 Å². The number of nitrogen functional groups attached to an aromatic ring is 1. The average molecular weight is 463 g/mol. The molecule has 0 radical (unpaired) electrons. The van der Waals surface area contributed by atoms with Crippen molar-refractivity contribution in [3.63, 3.8) is 0 Å². The van der Waals surface area contributed by atoms with Crippen LogP contribution in [0, 0.1) is 0 Å². The third kappa shape index (κ3) is 5.21. The first-order chi connectivity index (χ1) is 16.7. The fraction of sp³-hybridized carbons (Fsp3) is 0.448. The molecule has 1 saturated heterocycles. The second kappa shape index (κ2) is 10.7. The van der Waals surface area contributed by atoms with Gasteiger partial charge in [-0.1, -0.05) is 24.3 Å². The van der Waals surface area contributed by atoms with Crippen LogP contribution in [-0.4, -0.2) is 50.5 Å². The third-order valence-electron chi connectivity index (χ3n) is 7.21. The molecule has 0 aromatic heterocycles. The summed E-state index contributed by atoms with van der Waals surface area (Å²) in [5, 5.41) is 0. The number of rotatable bonds is 7. The van der Waals surface area contributed by atoms with Gasteiger partial charge in [-0.15, -0.1) is 0 Å². The standard InChI is InChI=1S/C29H35FN2O2/c30-14-2-15-32-16-11-26(20-32)34-25-8-5-22(6-9-25)29-27(21-12-17-33-18-13-21)4-1-3-23-19-24(31)7-10-28(23)29/h5-10,12,19,26H,1-4,11,13-18,20,31H2. The summed E-state index contributed by atoms with van der Waals surface area (Å²) in [4.78, 5) is 2.30. The molecule has 3 aliphatic rings. The maximum absolute atomic E-state index is 12.5. The number of ether oxygens (including phenoxy) is 2. The molecule has 2 N–H and O–H groups in total. The van der Waals surface area contributed by atoms with Gasteiger partial charge in [-0.2, -0.15) is 0 Å². The first-order valence-electron chi connectivity index (χ1n) is 12.7. The van der Waals surface area contributed by atoms with Crippen LogP contribution in [0.15, 0.2) is 59.7 Å². The van der Waals surface area contributed by atoms with Crippen LogP contribution in [0.3, 0.4) is 0 Å². The number of benzene rings is 2. The molecule has 0 bridgehead atoms. The van der Waals surface area contributed by atoms with E-state index in [0.717, 1.165) is 69.8 Å². The number of hydrogen-bond donors (Lipinski definition) is 1. The summed E-state index contributed by atoms with van der Waals surface area (Å²) in [6.07, 6.45) is 8.22. The molecule has 180 valence electrons. The van der Waals surface area contributed by atoms with Crippen LogP contribution in [-0.2, 0) is 11.2 Å². The molecule has 1 aliphatic carbocycles. The lowest BCUT2D eigenvalue weighted by molar-refractivity contribution is 0.155. The highest BCUT2D eigenvalue weighted by atomic mass is 19.1. The minimum absolute atomic E-state index is 0.175. The molecule has 34 heavy (non-hydrogen) atoms. The van der Waals surface area contributed by atoms with Gasteiger partial charge in [0.15, 0.2) is 0 Å². The second-order valence-corrected chi connectivity index (χ2v) is 9.57. The zero-order chi connectivity index (χ0) is 23.3. The first kappa shape index (κ1) is 23.1. The van der Waals surface area contributed by atoms with Crippen LogP contribution in [0.2, 0.25) is 0 Å². The first-order valence-corrected chi connectivity index (χ1v) is 12.7. The van der Waals surface area contributed by atoms with E-state index in [9.17, 15) is 4.39 Å². The minimum atomic E-state index is -0.249. The molecule has 2 aromatic rings. The SMILES string of the molecule is Nc1ccc2c(c1)CCCC(C1=CCOCC1)=C2c1ccc(OC2CCN(CCCF)C2)cc1. The van der Waals surface area contributed by atoms with E-state index in [-0.39, 0.29) is 12.8 Å². The van der Waals surface area contributed by atoms with Gasteiger partial charge in [0, 0.05) is 25.3 Å². The maximum atomic E-state index is 12.5.